The normalized spacial score (nSPS) is 16.4. The van der Waals surface area contributed by atoms with Gasteiger partial charge < -0.3 is 19.5 Å². The summed E-state index contributed by atoms with van der Waals surface area (Å²) in [6.45, 7) is 6.69. The van der Waals surface area contributed by atoms with E-state index in [4.69, 9.17) is 14.2 Å². The van der Waals surface area contributed by atoms with E-state index in [0.29, 0.717) is 6.61 Å². The molecule has 1 N–H and O–H groups in total. The monoisotopic (exact) mass is 370 g/mol. The van der Waals surface area contributed by atoms with Gasteiger partial charge in [-0.2, -0.15) is 0 Å². The number of benzene rings is 2. The van der Waals surface area contributed by atoms with Gasteiger partial charge in [0.1, 0.15) is 17.2 Å². The fraction of sp³-hybridized carbons (Fsp3) is 0.455. The van der Waals surface area contributed by atoms with Crippen LogP contribution >= 0.6 is 0 Å². The van der Waals surface area contributed by atoms with Crippen LogP contribution in [-0.2, 0) is 0 Å². The molecule has 1 atom stereocenters. The third kappa shape index (κ3) is 4.54. The molecule has 27 heavy (non-hydrogen) atoms. The Morgan fingerprint density at radius 2 is 1.78 bits per heavy atom. The molecule has 1 aliphatic heterocycles. The molecule has 146 valence electrons. The largest absolute Gasteiger partial charge is 0.497 e. The van der Waals surface area contributed by atoms with Gasteiger partial charge in [-0.05, 0) is 38.1 Å². The Kier molecular flexibility index (Phi) is 6.96. The number of methoxy groups -OCH3 is 2. The van der Waals surface area contributed by atoms with Gasteiger partial charge in [-0.15, -0.1) is 0 Å². The van der Waals surface area contributed by atoms with Crippen LogP contribution in [0.25, 0.3) is 0 Å². The van der Waals surface area contributed by atoms with E-state index in [-0.39, 0.29) is 6.04 Å². The van der Waals surface area contributed by atoms with Crippen LogP contribution in [0.1, 0.15) is 30.5 Å². The van der Waals surface area contributed by atoms with Gasteiger partial charge in [0.25, 0.3) is 0 Å². The Morgan fingerprint density at radius 3 is 2.56 bits per heavy atom. The van der Waals surface area contributed by atoms with Crippen molar-refractivity contribution in [3.63, 3.8) is 0 Å². The van der Waals surface area contributed by atoms with E-state index in [9.17, 15) is 0 Å². The van der Waals surface area contributed by atoms with Crippen LogP contribution in [-0.4, -0.2) is 51.9 Å². The first-order valence-electron chi connectivity index (χ1n) is 9.67. The summed E-state index contributed by atoms with van der Waals surface area (Å²) < 4.78 is 17.1. The van der Waals surface area contributed by atoms with Crippen LogP contribution < -0.4 is 19.5 Å². The second-order valence-corrected chi connectivity index (χ2v) is 6.62. The minimum atomic E-state index is 0.0634. The summed E-state index contributed by atoms with van der Waals surface area (Å²) in [6.07, 6.45) is 1.12. The lowest BCUT2D eigenvalue weighted by Crippen LogP contribution is -2.33. The summed E-state index contributed by atoms with van der Waals surface area (Å²) in [6, 6.07) is 14.5. The van der Waals surface area contributed by atoms with Crippen molar-refractivity contribution in [3.8, 4) is 17.2 Å². The first-order chi connectivity index (χ1) is 13.3. The molecule has 0 radical (unpaired) electrons. The molecule has 0 aromatic heterocycles. The molecular formula is C22H30N2O3. The summed E-state index contributed by atoms with van der Waals surface area (Å²) in [5, 5.41) is 3.50. The molecule has 0 spiro atoms. The Labute approximate surface area is 162 Å². The molecule has 3 rings (SSSR count). The van der Waals surface area contributed by atoms with Gasteiger partial charge in [0, 0.05) is 36.8 Å². The highest BCUT2D eigenvalue weighted by Gasteiger charge is 2.28. The standard InChI is InChI=1S/C22H30N2O3/c1-4-27-20-9-6-5-8-18(20)22(24-14-7-12-23-13-15-24)19-11-10-17(25-2)16-21(19)26-3/h5-6,8-11,16,22-23H,4,7,12-15H2,1-3H3. The molecular weight excluding hydrogens is 340 g/mol. The molecule has 2 aromatic rings. The zero-order valence-corrected chi connectivity index (χ0v) is 16.5. The Morgan fingerprint density at radius 1 is 0.963 bits per heavy atom. The third-order valence-electron chi connectivity index (χ3n) is 4.99. The Hall–Kier alpha value is -2.24. The topological polar surface area (TPSA) is 43.0 Å². The van der Waals surface area contributed by atoms with Crippen LogP contribution in [0.5, 0.6) is 17.2 Å². The molecule has 1 unspecified atom stereocenters. The molecule has 1 saturated heterocycles. The first-order valence-corrected chi connectivity index (χ1v) is 9.67. The summed E-state index contributed by atoms with van der Waals surface area (Å²) >= 11 is 0. The van der Waals surface area contributed by atoms with E-state index in [2.05, 4.69) is 34.5 Å². The van der Waals surface area contributed by atoms with Crippen LogP contribution in [0.15, 0.2) is 42.5 Å². The number of para-hydroxylation sites is 1. The molecule has 1 fully saturated rings. The zero-order chi connectivity index (χ0) is 19.1. The summed E-state index contributed by atoms with van der Waals surface area (Å²) in [5.74, 6) is 2.56. The molecule has 0 saturated carbocycles. The second-order valence-electron chi connectivity index (χ2n) is 6.62. The Bertz CT molecular complexity index is 727. The Balaban J connectivity index is 2.11. The summed E-state index contributed by atoms with van der Waals surface area (Å²) in [4.78, 5) is 2.52. The van der Waals surface area contributed by atoms with Crippen molar-refractivity contribution in [1.82, 2.24) is 10.2 Å². The number of hydrogen-bond donors (Lipinski definition) is 1. The van der Waals surface area contributed by atoms with Gasteiger partial charge in [0.15, 0.2) is 0 Å². The zero-order valence-electron chi connectivity index (χ0n) is 16.5. The number of ether oxygens (including phenoxy) is 3. The van der Waals surface area contributed by atoms with Gasteiger partial charge in [-0.1, -0.05) is 18.2 Å². The second kappa shape index (κ2) is 9.62. The van der Waals surface area contributed by atoms with Crippen LogP contribution in [0.2, 0.25) is 0 Å². The lowest BCUT2D eigenvalue weighted by molar-refractivity contribution is 0.228. The van der Waals surface area contributed by atoms with E-state index in [1.807, 2.05) is 25.1 Å². The van der Waals surface area contributed by atoms with Crippen LogP contribution in [0.4, 0.5) is 0 Å². The van der Waals surface area contributed by atoms with Crippen molar-refractivity contribution in [2.45, 2.75) is 19.4 Å². The van der Waals surface area contributed by atoms with Gasteiger partial charge in [0.2, 0.25) is 0 Å². The van der Waals surface area contributed by atoms with E-state index in [1.165, 1.54) is 5.56 Å². The predicted molar refractivity (Wildman–Crippen MR) is 108 cm³/mol. The molecule has 0 amide bonds. The molecule has 2 aromatic carbocycles. The fourth-order valence-electron chi connectivity index (χ4n) is 3.72. The minimum Gasteiger partial charge on any atom is -0.497 e. The van der Waals surface area contributed by atoms with Gasteiger partial charge in [0.05, 0.1) is 26.9 Å². The molecule has 0 bridgehead atoms. The van der Waals surface area contributed by atoms with E-state index < -0.39 is 0 Å². The van der Waals surface area contributed by atoms with Crippen LogP contribution in [0, 0.1) is 0 Å². The molecule has 1 aliphatic rings. The first kappa shape index (κ1) is 19.5. The molecule has 1 heterocycles. The highest BCUT2D eigenvalue weighted by Crippen LogP contribution is 2.40. The quantitative estimate of drug-likeness (QED) is 0.808. The maximum atomic E-state index is 5.97. The van der Waals surface area contributed by atoms with Crippen LogP contribution in [0.3, 0.4) is 0 Å². The van der Waals surface area contributed by atoms with Crippen molar-refractivity contribution in [2.24, 2.45) is 0 Å². The van der Waals surface area contributed by atoms with Gasteiger partial charge in [-0.25, -0.2) is 0 Å². The molecule has 5 nitrogen and oxygen atoms in total. The van der Waals surface area contributed by atoms with Crippen molar-refractivity contribution in [2.75, 3.05) is 47.0 Å². The minimum absolute atomic E-state index is 0.0634. The van der Waals surface area contributed by atoms with E-state index >= 15 is 0 Å². The fourth-order valence-corrected chi connectivity index (χ4v) is 3.72. The molecule has 0 aliphatic carbocycles. The van der Waals surface area contributed by atoms with E-state index in [1.54, 1.807) is 14.2 Å². The summed E-state index contributed by atoms with van der Waals surface area (Å²) in [7, 11) is 3.39. The lowest BCUT2D eigenvalue weighted by atomic mass is 9.94. The maximum Gasteiger partial charge on any atom is 0.127 e. The number of nitrogens with zero attached hydrogens (tertiary/aromatic N) is 1. The van der Waals surface area contributed by atoms with Crippen molar-refractivity contribution >= 4 is 0 Å². The third-order valence-corrected chi connectivity index (χ3v) is 4.99. The lowest BCUT2D eigenvalue weighted by Gasteiger charge is -2.33. The molecule has 5 heteroatoms. The average Bonchev–Trinajstić information content (AvgIpc) is 2.99. The van der Waals surface area contributed by atoms with Gasteiger partial charge in [-0.3, -0.25) is 4.90 Å². The van der Waals surface area contributed by atoms with Gasteiger partial charge >= 0.3 is 0 Å². The van der Waals surface area contributed by atoms with Crippen molar-refractivity contribution in [1.29, 1.82) is 0 Å². The summed E-state index contributed by atoms with van der Waals surface area (Å²) in [5.41, 5.74) is 2.30. The van der Waals surface area contributed by atoms with Crippen molar-refractivity contribution < 1.29 is 14.2 Å². The highest BCUT2D eigenvalue weighted by atomic mass is 16.5. The SMILES string of the molecule is CCOc1ccccc1C(c1ccc(OC)cc1OC)N1CCCNCC1. The number of rotatable bonds is 7. The average molecular weight is 370 g/mol. The van der Waals surface area contributed by atoms with E-state index in [0.717, 1.165) is 55.4 Å². The predicted octanol–water partition coefficient (Wildman–Crippen LogP) is 3.49. The maximum absolute atomic E-state index is 5.97. The smallest absolute Gasteiger partial charge is 0.127 e. The number of nitrogens with one attached hydrogen (secondary N) is 1. The van der Waals surface area contributed by atoms with Crippen molar-refractivity contribution in [3.05, 3.63) is 53.6 Å². The highest BCUT2D eigenvalue weighted by molar-refractivity contribution is 5.49. The number of hydrogen-bond acceptors (Lipinski definition) is 5.